The molecule has 0 saturated heterocycles. The Morgan fingerprint density at radius 1 is 1.44 bits per heavy atom. The molecule has 1 amide bonds. The highest BCUT2D eigenvalue weighted by Gasteiger charge is 2.23. The maximum Gasteiger partial charge on any atom is 0.237 e. The van der Waals surface area contributed by atoms with E-state index in [1.165, 1.54) is 17.3 Å². The minimum absolute atomic E-state index is 0.0421. The third-order valence-corrected chi connectivity index (χ3v) is 3.92. The molecule has 3 nitrogen and oxygen atoms in total. The highest BCUT2D eigenvalue weighted by Crippen LogP contribution is 2.26. The summed E-state index contributed by atoms with van der Waals surface area (Å²) in [6, 6.07) is 7.91. The van der Waals surface area contributed by atoms with Gasteiger partial charge in [0.15, 0.2) is 0 Å². The molecule has 1 unspecified atom stereocenters. The summed E-state index contributed by atoms with van der Waals surface area (Å²) in [6.07, 6.45) is 1.76. The number of aliphatic hydroxyl groups is 1. The molecule has 1 atom stereocenters. The van der Waals surface area contributed by atoms with E-state index in [0.29, 0.717) is 5.75 Å². The molecule has 1 heterocycles. The van der Waals surface area contributed by atoms with Crippen LogP contribution in [0.5, 0.6) is 0 Å². The lowest BCUT2D eigenvalue weighted by Gasteiger charge is -2.11. The van der Waals surface area contributed by atoms with Gasteiger partial charge in [-0.15, -0.1) is 11.8 Å². The third kappa shape index (κ3) is 2.57. The zero-order chi connectivity index (χ0) is 11.4. The number of aryl methyl sites for hydroxylation is 1. The first kappa shape index (κ1) is 11.5. The van der Waals surface area contributed by atoms with Crippen LogP contribution in [-0.4, -0.2) is 28.6 Å². The smallest absolute Gasteiger partial charge is 0.237 e. The Bertz CT molecular complexity index is 381. The van der Waals surface area contributed by atoms with Crippen molar-refractivity contribution in [3.63, 3.8) is 0 Å². The standard InChI is InChI=1S/C12H15NO2S/c14-7-8-16-11-6-5-9-3-1-2-4-10(9)13-12(11)15/h1-4,11,14H,5-8H2,(H,13,15). The largest absolute Gasteiger partial charge is 0.396 e. The molecular formula is C12H15NO2S. The molecule has 1 aliphatic rings. The number of rotatable bonds is 3. The summed E-state index contributed by atoms with van der Waals surface area (Å²) in [5, 5.41) is 11.7. The average Bonchev–Trinajstić information content (AvgIpc) is 2.45. The Labute approximate surface area is 99.2 Å². The van der Waals surface area contributed by atoms with Crippen LogP contribution in [0.2, 0.25) is 0 Å². The third-order valence-electron chi connectivity index (χ3n) is 2.65. The minimum Gasteiger partial charge on any atom is -0.396 e. The summed E-state index contributed by atoms with van der Waals surface area (Å²) in [6.45, 7) is 0.126. The topological polar surface area (TPSA) is 49.3 Å². The maximum absolute atomic E-state index is 11.9. The molecule has 2 rings (SSSR count). The second kappa shape index (κ2) is 5.37. The summed E-state index contributed by atoms with van der Waals surface area (Å²) in [5.41, 5.74) is 2.13. The predicted octanol–water partition coefficient (Wildman–Crippen LogP) is 1.67. The fourth-order valence-electron chi connectivity index (χ4n) is 1.85. The lowest BCUT2D eigenvalue weighted by molar-refractivity contribution is -0.115. The van der Waals surface area contributed by atoms with Crippen LogP contribution >= 0.6 is 11.8 Å². The number of carbonyl (C=O) groups excluding carboxylic acids is 1. The quantitative estimate of drug-likeness (QED) is 0.840. The fourth-order valence-corrected chi connectivity index (χ4v) is 2.73. The number of para-hydroxylation sites is 1. The highest BCUT2D eigenvalue weighted by molar-refractivity contribution is 8.00. The van der Waals surface area contributed by atoms with Gasteiger partial charge < -0.3 is 10.4 Å². The SMILES string of the molecule is O=C1Nc2ccccc2CCC1SCCO. The Morgan fingerprint density at radius 2 is 2.25 bits per heavy atom. The van der Waals surface area contributed by atoms with Crippen LogP contribution in [0.1, 0.15) is 12.0 Å². The second-order valence-electron chi connectivity index (χ2n) is 3.77. The lowest BCUT2D eigenvalue weighted by Crippen LogP contribution is -2.24. The number of carbonyl (C=O) groups is 1. The van der Waals surface area contributed by atoms with Gasteiger partial charge in [-0.2, -0.15) is 0 Å². The van der Waals surface area contributed by atoms with Gasteiger partial charge in [0.05, 0.1) is 11.9 Å². The Hall–Kier alpha value is -1.00. The van der Waals surface area contributed by atoms with Crippen molar-refractivity contribution < 1.29 is 9.90 Å². The molecule has 86 valence electrons. The highest BCUT2D eigenvalue weighted by atomic mass is 32.2. The maximum atomic E-state index is 11.9. The van der Waals surface area contributed by atoms with Crippen LogP contribution in [0.15, 0.2) is 24.3 Å². The van der Waals surface area contributed by atoms with Gasteiger partial charge in [-0.1, -0.05) is 18.2 Å². The van der Waals surface area contributed by atoms with Gasteiger partial charge in [0.2, 0.25) is 5.91 Å². The van der Waals surface area contributed by atoms with Crippen molar-refractivity contribution in [1.82, 2.24) is 0 Å². The summed E-state index contributed by atoms with van der Waals surface area (Å²) >= 11 is 1.53. The fraction of sp³-hybridized carbons (Fsp3) is 0.417. The van der Waals surface area contributed by atoms with E-state index in [9.17, 15) is 4.79 Å². The zero-order valence-electron chi connectivity index (χ0n) is 8.98. The first-order valence-corrected chi connectivity index (χ1v) is 6.47. The van der Waals surface area contributed by atoms with Gasteiger partial charge in [0.1, 0.15) is 0 Å². The number of benzene rings is 1. The van der Waals surface area contributed by atoms with Crippen LogP contribution in [0, 0.1) is 0 Å². The molecule has 2 N–H and O–H groups in total. The van der Waals surface area contributed by atoms with E-state index in [0.717, 1.165) is 18.5 Å². The molecule has 0 aliphatic carbocycles. The first-order valence-electron chi connectivity index (χ1n) is 5.42. The van der Waals surface area contributed by atoms with Gasteiger partial charge in [-0.05, 0) is 24.5 Å². The van der Waals surface area contributed by atoms with Gasteiger partial charge in [-0.25, -0.2) is 0 Å². The number of thioether (sulfide) groups is 1. The average molecular weight is 237 g/mol. The predicted molar refractivity (Wildman–Crippen MR) is 66.7 cm³/mol. The Kier molecular flexibility index (Phi) is 3.85. The Morgan fingerprint density at radius 3 is 3.06 bits per heavy atom. The number of hydrogen-bond donors (Lipinski definition) is 2. The molecular weight excluding hydrogens is 222 g/mol. The van der Waals surface area contributed by atoms with Crippen LogP contribution in [0.3, 0.4) is 0 Å². The number of amides is 1. The van der Waals surface area contributed by atoms with Crippen molar-refractivity contribution in [3.05, 3.63) is 29.8 Å². The molecule has 16 heavy (non-hydrogen) atoms. The number of hydrogen-bond acceptors (Lipinski definition) is 3. The second-order valence-corrected chi connectivity index (χ2v) is 5.08. The van der Waals surface area contributed by atoms with Crippen molar-refractivity contribution in [1.29, 1.82) is 0 Å². The van der Waals surface area contributed by atoms with Crippen molar-refractivity contribution in [2.75, 3.05) is 17.7 Å². The van der Waals surface area contributed by atoms with E-state index >= 15 is 0 Å². The molecule has 4 heteroatoms. The number of fused-ring (bicyclic) bond motifs is 1. The van der Waals surface area contributed by atoms with Gasteiger partial charge in [0, 0.05) is 11.4 Å². The normalized spacial score (nSPS) is 19.8. The molecule has 0 bridgehead atoms. The molecule has 0 aromatic heterocycles. The molecule has 1 aromatic rings. The van der Waals surface area contributed by atoms with E-state index in [-0.39, 0.29) is 17.8 Å². The van der Waals surface area contributed by atoms with Crippen LogP contribution in [-0.2, 0) is 11.2 Å². The van der Waals surface area contributed by atoms with Gasteiger partial charge in [-0.3, -0.25) is 4.79 Å². The Balaban J connectivity index is 2.09. The van der Waals surface area contributed by atoms with Crippen LogP contribution in [0.4, 0.5) is 5.69 Å². The van der Waals surface area contributed by atoms with E-state index in [4.69, 9.17) is 5.11 Å². The van der Waals surface area contributed by atoms with Crippen molar-refractivity contribution >= 4 is 23.4 Å². The molecule has 0 radical (unpaired) electrons. The first-order chi connectivity index (χ1) is 7.81. The number of nitrogens with one attached hydrogen (secondary N) is 1. The molecule has 1 aliphatic heterocycles. The minimum atomic E-state index is -0.0421. The van der Waals surface area contributed by atoms with Crippen molar-refractivity contribution in [2.24, 2.45) is 0 Å². The van der Waals surface area contributed by atoms with Gasteiger partial charge >= 0.3 is 0 Å². The van der Waals surface area contributed by atoms with Crippen LogP contribution < -0.4 is 5.32 Å². The van der Waals surface area contributed by atoms with E-state index < -0.39 is 0 Å². The van der Waals surface area contributed by atoms with E-state index in [1.807, 2.05) is 18.2 Å². The number of anilines is 1. The zero-order valence-corrected chi connectivity index (χ0v) is 9.80. The van der Waals surface area contributed by atoms with E-state index in [2.05, 4.69) is 11.4 Å². The lowest BCUT2D eigenvalue weighted by atomic mass is 10.1. The van der Waals surface area contributed by atoms with Crippen molar-refractivity contribution in [2.45, 2.75) is 18.1 Å². The monoisotopic (exact) mass is 237 g/mol. The molecule has 1 aromatic carbocycles. The summed E-state index contributed by atoms with van der Waals surface area (Å²) in [5.74, 6) is 0.678. The number of aliphatic hydroxyl groups excluding tert-OH is 1. The van der Waals surface area contributed by atoms with Gasteiger partial charge in [0.25, 0.3) is 0 Å². The summed E-state index contributed by atoms with van der Waals surface area (Å²) < 4.78 is 0. The summed E-state index contributed by atoms with van der Waals surface area (Å²) in [7, 11) is 0. The molecule has 0 fully saturated rings. The summed E-state index contributed by atoms with van der Waals surface area (Å²) in [4.78, 5) is 11.9. The molecule has 0 spiro atoms. The van der Waals surface area contributed by atoms with E-state index in [1.54, 1.807) is 0 Å². The van der Waals surface area contributed by atoms with Crippen molar-refractivity contribution in [3.8, 4) is 0 Å². The van der Waals surface area contributed by atoms with Crippen LogP contribution in [0.25, 0.3) is 0 Å². The molecule has 0 saturated carbocycles.